The van der Waals surface area contributed by atoms with Crippen LogP contribution in [0.1, 0.15) is 30.0 Å². The Kier molecular flexibility index (Phi) is 5.90. The Labute approximate surface area is 203 Å². The van der Waals surface area contributed by atoms with Crippen LogP contribution in [0, 0.1) is 16.0 Å². The number of hydrogen-bond donors (Lipinski definition) is 1. The van der Waals surface area contributed by atoms with Crippen molar-refractivity contribution < 1.29 is 28.9 Å². The topological polar surface area (TPSA) is 119 Å². The van der Waals surface area contributed by atoms with Crippen molar-refractivity contribution in [3.8, 4) is 0 Å². The summed E-state index contributed by atoms with van der Waals surface area (Å²) in [6.45, 7) is 2.40. The van der Waals surface area contributed by atoms with Crippen LogP contribution in [0.3, 0.4) is 0 Å². The Bertz CT molecular complexity index is 1210. The van der Waals surface area contributed by atoms with Gasteiger partial charge in [0, 0.05) is 18.6 Å². The van der Waals surface area contributed by atoms with Gasteiger partial charge in [-0.1, -0.05) is 11.8 Å². The largest absolute Gasteiger partial charge is 0.456 e. The fourth-order valence-electron chi connectivity index (χ4n) is 4.52. The summed E-state index contributed by atoms with van der Waals surface area (Å²) in [4.78, 5) is 37.8. The van der Waals surface area contributed by atoms with Crippen LogP contribution in [0.15, 0.2) is 46.6 Å². The molecule has 3 aliphatic rings. The highest BCUT2D eigenvalue weighted by Gasteiger charge is 2.58. The molecule has 0 saturated carbocycles. The summed E-state index contributed by atoms with van der Waals surface area (Å²) in [7, 11) is 1.99. The number of imidazole rings is 1. The number of esters is 1. The van der Waals surface area contributed by atoms with Crippen LogP contribution in [-0.2, 0) is 34.5 Å². The zero-order valence-electron chi connectivity index (χ0n) is 18.5. The fraction of sp³-hybridized carbons (Fsp3) is 0.409. The lowest BCUT2D eigenvalue weighted by Gasteiger charge is -2.43. The minimum absolute atomic E-state index is 0.0451. The first-order valence-electron chi connectivity index (χ1n) is 10.8. The molecule has 12 heteroatoms. The number of thioether (sulfide) groups is 2. The van der Waals surface area contributed by atoms with Crippen LogP contribution in [-0.4, -0.2) is 42.9 Å². The summed E-state index contributed by atoms with van der Waals surface area (Å²) in [5, 5.41) is 20.7. The molecule has 1 aromatic carbocycles. The molecule has 3 aliphatic heterocycles. The van der Waals surface area contributed by atoms with Crippen molar-refractivity contribution in [2.75, 3.05) is 0 Å². The van der Waals surface area contributed by atoms with E-state index in [9.17, 15) is 24.8 Å². The molecule has 1 saturated heterocycles. The maximum atomic E-state index is 13.2. The quantitative estimate of drug-likeness (QED) is 0.201. The predicted molar refractivity (Wildman–Crippen MR) is 124 cm³/mol. The van der Waals surface area contributed by atoms with Crippen molar-refractivity contribution in [3.63, 3.8) is 0 Å². The third kappa shape index (κ3) is 3.79. The highest BCUT2D eigenvalue weighted by atomic mass is 32.2. The van der Waals surface area contributed by atoms with Crippen molar-refractivity contribution in [1.82, 2.24) is 9.47 Å². The van der Waals surface area contributed by atoms with Crippen molar-refractivity contribution in [3.05, 3.63) is 68.1 Å². The number of nitro groups is 1. The van der Waals surface area contributed by atoms with E-state index in [1.54, 1.807) is 18.7 Å². The number of carbonyl (C=O) groups excluding carboxylic acids is 2. The summed E-state index contributed by atoms with van der Waals surface area (Å²) in [5.74, 6) is -0.329. The van der Waals surface area contributed by atoms with Crippen molar-refractivity contribution >= 4 is 41.1 Å². The zero-order chi connectivity index (χ0) is 24.1. The molecule has 5 rings (SSSR count). The van der Waals surface area contributed by atoms with E-state index in [1.165, 1.54) is 40.9 Å². The van der Waals surface area contributed by atoms with E-state index in [2.05, 4.69) is 9.13 Å². The number of hydrogen-bond acceptors (Lipinski definition) is 8. The summed E-state index contributed by atoms with van der Waals surface area (Å²) in [6.07, 6.45) is 4.12. The Hall–Kier alpha value is -2.83. The number of rotatable bonds is 7. The third-order valence-electron chi connectivity index (χ3n) is 6.27. The highest BCUT2D eigenvalue weighted by Crippen LogP contribution is 2.57. The highest BCUT2D eigenvalue weighted by molar-refractivity contribution is 8.22. The lowest BCUT2D eigenvalue weighted by molar-refractivity contribution is -0.678. The van der Waals surface area contributed by atoms with Crippen molar-refractivity contribution in [2.24, 2.45) is 13.0 Å². The number of carbonyl (C=O) groups is 2. The smallest absolute Gasteiger partial charge is 0.357 e. The number of fused-ring (bicyclic) bond motifs is 2. The first-order chi connectivity index (χ1) is 16.3. The Morgan fingerprint density at radius 3 is 2.82 bits per heavy atom. The molecule has 1 N–H and O–H groups in total. The van der Waals surface area contributed by atoms with E-state index in [0.29, 0.717) is 5.56 Å². The molecule has 0 bridgehead atoms. The van der Waals surface area contributed by atoms with Gasteiger partial charge in [0.05, 0.1) is 34.8 Å². The average Bonchev–Trinajstić information content (AvgIpc) is 3.46. The molecule has 1 amide bonds. The van der Waals surface area contributed by atoms with E-state index in [-0.39, 0.29) is 34.5 Å². The number of nitro benzene ring substituents is 1. The number of aryl methyl sites for hydroxylation is 2. The molecular weight excluding hydrogens is 480 g/mol. The van der Waals surface area contributed by atoms with Gasteiger partial charge in [-0.3, -0.25) is 19.8 Å². The molecule has 0 aliphatic carbocycles. The Balaban J connectivity index is 1.37. The Morgan fingerprint density at radius 1 is 1.41 bits per heavy atom. The van der Waals surface area contributed by atoms with Gasteiger partial charge in [-0.05, 0) is 24.6 Å². The second kappa shape index (κ2) is 8.75. The number of aliphatic hydroxyl groups excluding tert-OH is 1. The van der Waals surface area contributed by atoms with Crippen LogP contribution >= 0.6 is 23.5 Å². The van der Waals surface area contributed by atoms with Crippen LogP contribution in [0.2, 0.25) is 0 Å². The molecule has 1 aromatic heterocycles. The molecule has 1 unspecified atom stereocenters. The first-order valence-corrected chi connectivity index (χ1v) is 12.6. The second-order valence-electron chi connectivity index (χ2n) is 8.47. The number of aromatic nitrogens is 2. The number of amides is 1. The molecular formula is C22H23N4O6S2+. The second-order valence-corrected chi connectivity index (χ2v) is 11.1. The molecule has 178 valence electrons. The summed E-state index contributed by atoms with van der Waals surface area (Å²) < 4.78 is 10.5. The van der Waals surface area contributed by atoms with Gasteiger partial charge in [0.25, 0.3) is 11.5 Å². The molecule has 2 aromatic rings. The van der Waals surface area contributed by atoms with Gasteiger partial charge in [-0.25, -0.2) is 13.9 Å². The van der Waals surface area contributed by atoms with Gasteiger partial charge in [0.1, 0.15) is 29.6 Å². The van der Waals surface area contributed by atoms with Crippen molar-refractivity contribution in [1.29, 1.82) is 0 Å². The molecule has 1 fully saturated rings. The lowest BCUT2D eigenvalue weighted by Crippen LogP contribution is -2.60. The van der Waals surface area contributed by atoms with Gasteiger partial charge in [-0.15, -0.1) is 11.8 Å². The zero-order valence-corrected chi connectivity index (χ0v) is 20.1. The molecule has 4 atom stereocenters. The van der Waals surface area contributed by atoms with Crippen LogP contribution < -0.4 is 4.57 Å². The van der Waals surface area contributed by atoms with E-state index in [0.717, 1.165) is 23.0 Å². The van der Waals surface area contributed by atoms with Crippen molar-refractivity contribution in [2.45, 2.75) is 43.2 Å². The fourth-order valence-corrected chi connectivity index (χ4v) is 7.88. The minimum Gasteiger partial charge on any atom is -0.456 e. The SMILES string of the molecule is C[C@@H](O)[C@H]1C(=O)N2C(C(=O)OCc3ccc([N+](=O)[O-])cc3)=C(SC3CCn4cc[n+](C)c43)S[C@H]12. The normalized spacial score (nSPS) is 24.0. The number of β-lactam (4-membered cyclic amide) rings is 1. The standard InChI is InChI=1S/C22H23N4O6S2/c1-12(27)16-19(28)25-17(21(29)32-11-13-3-5-14(6-4-13)26(30)31)22(34-20(16)25)33-15-7-8-24-10-9-23(2)18(15)24/h3-6,9-10,12,15-16,20,27H,7-8,11H2,1-2H3/q+1/t12-,15?,16+,20-/m1/s1. The van der Waals surface area contributed by atoms with Gasteiger partial charge in [0.2, 0.25) is 5.91 Å². The predicted octanol–water partition coefficient (Wildman–Crippen LogP) is 2.22. The van der Waals surface area contributed by atoms with Gasteiger partial charge < -0.3 is 9.84 Å². The van der Waals surface area contributed by atoms with Crippen LogP contribution in [0.25, 0.3) is 0 Å². The number of aliphatic hydroxyl groups is 1. The van der Waals surface area contributed by atoms with Gasteiger partial charge >= 0.3 is 5.97 Å². The van der Waals surface area contributed by atoms with E-state index in [4.69, 9.17) is 4.74 Å². The van der Waals surface area contributed by atoms with Crippen LogP contribution in [0.4, 0.5) is 5.69 Å². The van der Waals surface area contributed by atoms with Gasteiger partial charge in [-0.2, -0.15) is 0 Å². The number of nitrogens with zero attached hydrogens (tertiary/aromatic N) is 4. The van der Waals surface area contributed by atoms with Crippen LogP contribution in [0.5, 0.6) is 0 Å². The first kappa shape index (κ1) is 22.9. The van der Waals surface area contributed by atoms with E-state index < -0.39 is 22.9 Å². The minimum atomic E-state index is -0.815. The number of ether oxygens (including phenoxy) is 1. The van der Waals surface area contributed by atoms with E-state index in [1.807, 2.05) is 19.4 Å². The molecule has 4 heterocycles. The third-order valence-corrected chi connectivity index (χ3v) is 9.14. The summed E-state index contributed by atoms with van der Waals surface area (Å²) in [6, 6.07) is 5.78. The molecule has 10 nitrogen and oxygen atoms in total. The maximum Gasteiger partial charge on any atom is 0.357 e. The molecule has 34 heavy (non-hydrogen) atoms. The number of benzene rings is 1. The summed E-state index contributed by atoms with van der Waals surface area (Å²) >= 11 is 2.98. The summed E-state index contributed by atoms with van der Waals surface area (Å²) in [5.41, 5.74) is 0.779. The number of non-ortho nitro benzene ring substituents is 1. The lowest BCUT2D eigenvalue weighted by atomic mass is 9.92. The van der Waals surface area contributed by atoms with Gasteiger partial charge in [0.15, 0.2) is 5.70 Å². The maximum absolute atomic E-state index is 13.2. The monoisotopic (exact) mass is 503 g/mol. The Morgan fingerprint density at radius 2 is 2.15 bits per heavy atom. The molecule has 0 radical (unpaired) electrons. The average molecular weight is 504 g/mol. The molecule has 0 spiro atoms. The van der Waals surface area contributed by atoms with E-state index >= 15 is 0 Å².